The van der Waals surface area contributed by atoms with Gasteiger partial charge in [0.2, 0.25) is 0 Å². The van der Waals surface area contributed by atoms with E-state index >= 15 is 0 Å². The molecule has 90 valence electrons. The molecule has 16 heavy (non-hydrogen) atoms. The van der Waals surface area contributed by atoms with E-state index in [0.717, 1.165) is 0 Å². The Morgan fingerprint density at radius 1 is 1.44 bits per heavy atom. The van der Waals surface area contributed by atoms with Gasteiger partial charge in [0.15, 0.2) is 0 Å². The summed E-state index contributed by atoms with van der Waals surface area (Å²) in [6.07, 6.45) is -0.0735. The van der Waals surface area contributed by atoms with Crippen LogP contribution >= 0.6 is 23.2 Å². The minimum Gasteiger partial charge on any atom is -0.390 e. The smallest absolute Gasteiger partial charge is 0.147 e. The summed E-state index contributed by atoms with van der Waals surface area (Å²) in [6, 6.07) is 1.54. The molecule has 0 fully saturated rings. The van der Waals surface area contributed by atoms with E-state index in [2.05, 4.69) is 10.3 Å². The zero-order chi connectivity index (χ0) is 12.1. The van der Waals surface area contributed by atoms with Crippen LogP contribution in [0.2, 0.25) is 10.2 Å². The average Bonchev–Trinajstić information content (AvgIpc) is 2.28. The standard InChI is InChI=1S/C10H14Cl2N2O2/c1-13-4-3-7(15)9(16)6-2-5-14-10(12)8(6)11/h2,5,7,9,13,15-16H,3-4H2,1H3. The first-order chi connectivity index (χ1) is 7.57. The Labute approximate surface area is 104 Å². The van der Waals surface area contributed by atoms with Crippen LogP contribution in [0.25, 0.3) is 0 Å². The highest BCUT2D eigenvalue weighted by atomic mass is 35.5. The van der Waals surface area contributed by atoms with Gasteiger partial charge in [0.05, 0.1) is 11.1 Å². The molecule has 0 spiro atoms. The summed E-state index contributed by atoms with van der Waals surface area (Å²) in [6.45, 7) is 0.606. The summed E-state index contributed by atoms with van der Waals surface area (Å²) in [5.41, 5.74) is 0.394. The number of hydrogen-bond acceptors (Lipinski definition) is 4. The number of aliphatic hydroxyl groups is 2. The molecule has 2 unspecified atom stereocenters. The second-order valence-electron chi connectivity index (χ2n) is 3.41. The number of aromatic nitrogens is 1. The second-order valence-corrected chi connectivity index (χ2v) is 4.15. The van der Waals surface area contributed by atoms with E-state index in [0.29, 0.717) is 18.5 Å². The molecule has 1 aromatic heterocycles. The first-order valence-electron chi connectivity index (χ1n) is 4.88. The Balaban J connectivity index is 2.79. The third-order valence-corrected chi connectivity index (χ3v) is 3.03. The van der Waals surface area contributed by atoms with Gasteiger partial charge in [-0.2, -0.15) is 0 Å². The topological polar surface area (TPSA) is 65.4 Å². The molecular weight excluding hydrogens is 251 g/mol. The number of nitrogens with zero attached hydrogens (tertiary/aromatic N) is 1. The summed E-state index contributed by atoms with van der Waals surface area (Å²) >= 11 is 11.6. The molecule has 0 saturated carbocycles. The first-order valence-corrected chi connectivity index (χ1v) is 5.64. The van der Waals surface area contributed by atoms with Crippen LogP contribution in [0, 0.1) is 0 Å². The van der Waals surface area contributed by atoms with Gasteiger partial charge in [0.25, 0.3) is 0 Å². The van der Waals surface area contributed by atoms with E-state index in [9.17, 15) is 10.2 Å². The summed E-state index contributed by atoms with van der Waals surface area (Å²) in [4.78, 5) is 3.77. The lowest BCUT2D eigenvalue weighted by molar-refractivity contribution is 0.0140. The Kier molecular flexibility index (Phi) is 5.44. The molecule has 0 bridgehead atoms. The summed E-state index contributed by atoms with van der Waals surface area (Å²) < 4.78 is 0. The van der Waals surface area contributed by atoms with Gasteiger partial charge in [0.1, 0.15) is 11.3 Å². The highest BCUT2D eigenvalue weighted by molar-refractivity contribution is 6.41. The lowest BCUT2D eigenvalue weighted by Crippen LogP contribution is -2.23. The van der Waals surface area contributed by atoms with E-state index in [1.165, 1.54) is 6.20 Å². The Hall–Kier alpha value is -0.390. The normalized spacial score (nSPS) is 14.8. The van der Waals surface area contributed by atoms with Crippen molar-refractivity contribution in [3.63, 3.8) is 0 Å². The van der Waals surface area contributed by atoms with Crippen LogP contribution in [0.4, 0.5) is 0 Å². The molecular formula is C10H14Cl2N2O2. The van der Waals surface area contributed by atoms with Crippen LogP contribution in [0.15, 0.2) is 12.3 Å². The van der Waals surface area contributed by atoms with Crippen LogP contribution < -0.4 is 5.32 Å². The van der Waals surface area contributed by atoms with Gasteiger partial charge < -0.3 is 15.5 Å². The van der Waals surface area contributed by atoms with Crippen LogP contribution in [-0.2, 0) is 0 Å². The third kappa shape index (κ3) is 3.30. The van der Waals surface area contributed by atoms with Crippen molar-refractivity contribution in [2.45, 2.75) is 18.6 Å². The van der Waals surface area contributed by atoms with Crippen LogP contribution in [-0.4, -0.2) is 34.9 Å². The van der Waals surface area contributed by atoms with Gasteiger partial charge in [-0.1, -0.05) is 23.2 Å². The highest BCUT2D eigenvalue weighted by Crippen LogP contribution is 2.30. The molecule has 0 radical (unpaired) electrons. The molecule has 4 nitrogen and oxygen atoms in total. The summed E-state index contributed by atoms with van der Waals surface area (Å²) in [5.74, 6) is 0. The van der Waals surface area contributed by atoms with E-state index in [4.69, 9.17) is 23.2 Å². The molecule has 3 N–H and O–H groups in total. The number of hydrogen-bond donors (Lipinski definition) is 3. The molecule has 0 saturated heterocycles. The van der Waals surface area contributed by atoms with Crippen molar-refractivity contribution >= 4 is 23.2 Å². The molecule has 1 aromatic rings. The van der Waals surface area contributed by atoms with Gasteiger partial charge >= 0.3 is 0 Å². The average molecular weight is 265 g/mol. The maximum atomic E-state index is 9.87. The molecule has 1 heterocycles. The van der Waals surface area contributed by atoms with Crippen molar-refractivity contribution < 1.29 is 10.2 Å². The fraction of sp³-hybridized carbons (Fsp3) is 0.500. The summed E-state index contributed by atoms with van der Waals surface area (Å²) in [7, 11) is 1.77. The second kappa shape index (κ2) is 6.37. The van der Waals surface area contributed by atoms with Crippen molar-refractivity contribution in [3.05, 3.63) is 28.0 Å². The van der Waals surface area contributed by atoms with Gasteiger partial charge in [-0.05, 0) is 26.1 Å². The number of halogens is 2. The fourth-order valence-corrected chi connectivity index (χ4v) is 1.71. The van der Waals surface area contributed by atoms with Crippen molar-refractivity contribution in [2.24, 2.45) is 0 Å². The number of pyridine rings is 1. The molecule has 0 aliphatic carbocycles. The van der Waals surface area contributed by atoms with Gasteiger partial charge in [-0.15, -0.1) is 0 Å². The van der Waals surface area contributed by atoms with E-state index in [1.807, 2.05) is 0 Å². The fourth-order valence-electron chi connectivity index (χ4n) is 1.32. The minimum atomic E-state index is -1.05. The lowest BCUT2D eigenvalue weighted by Gasteiger charge is -2.19. The number of aliphatic hydroxyl groups excluding tert-OH is 2. The first kappa shape index (κ1) is 13.7. The van der Waals surface area contributed by atoms with Crippen LogP contribution in [0.3, 0.4) is 0 Å². The zero-order valence-electron chi connectivity index (χ0n) is 8.82. The number of nitrogens with one attached hydrogen (secondary N) is 1. The predicted molar refractivity (Wildman–Crippen MR) is 63.8 cm³/mol. The molecule has 0 aliphatic rings. The van der Waals surface area contributed by atoms with Crippen molar-refractivity contribution in [1.29, 1.82) is 0 Å². The molecule has 2 atom stereocenters. The lowest BCUT2D eigenvalue weighted by atomic mass is 10.0. The molecule has 1 rings (SSSR count). The Morgan fingerprint density at radius 3 is 2.75 bits per heavy atom. The van der Waals surface area contributed by atoms with Gasteiger partial charge in [0, 0.05) is 11.8 Å². The highest BCUT2D eigenvalue weighted by Gasteiger charge is 2.21. The summed E-state index contributed by atoms with van der Waals surface area (Å²) in [5, 5.41) is 22.8. The van der Waals surface area contributed by atoms with E-state index < -0.39 is 12.2 Å². The SMILES string of the molecule is CNCCC(O)C(O)c1ccnc(Cl)c1Cl. The number of rotatable bonds is 5. The van der Waals surface area contributed by atoms with E-state index in [1.54, 1.807) is 13.1 Å². The van der Waals surface area contributed by atoms with Crippen LogP contribution in [0.5, 0.6) is 0 Å². The Morgan fingerprint density at radius 2 is 2.12 bits per heavy atom. The van der Waals surface area contributed by atoms with Gasteiger partial charge in [-0.3, -0.25) is 0 Å². The van der Waals surface area contributed by atoms with Crippen LogP contribution in [0.1, 0.15) is 18.1 Å². The quantitative estimate of drug-likeness (QED) is 0.704. The van der Waals surface area contributed by atoms with Crippen molar-refractivity contribution in [1.82, 2.24) is 10.3 Å². The third-order valence-electron chi connectivity index (χ3n) is 2.25. The molecule has 0 aliphatic heterocycles. The van der Waals surface area contributed by atoms with Gasteiger partial charge in [-0.25, -0.2) is 4.98 Å². The van der Waals surface area contributed by atoms with Crippen molar-refractivity contribution in [3.8, 4) is 0 Å². The van der Waals surface area contributed by atoms with Crippen molar-refractivity contribution in [2.75, 3.05) is 13.6 Å². The zero-order valence-corrected chi connectivity index (χ0v) is 10.3. The maximum Gasteiger partial charge on any atom is 0.147 e. The Bertz CT molecular complexity index is 350. The predicted octanol–water partition coefficient (Wildman–Crippen LogP) is 1.39. The monoisotopic (exact) mass is 264 g/mol. The molecule has 6 heteroatoms. The molecule has 0 aromatic carbocycles. The largest absolute Gasteiger partial charge is 0.390 e. The van der Waals surface area contributed by atoms with E-state index in [-0.39, 0.29) is 10.2 Å². The minimum absolute atomic E-state index is 0.124. The maximum absolute atomic E-state index is 9.87. The molecule has 0 amide bonds.